The van der Waals surface area contributed by atoms with Crippen molar-refractivity contribution in [2.75, 3.05) is 5.32 Å². The Morgan fingerprint density at radius 1 is 1.04 bits per heavy atom. The van der Waals surface area contributed by atoms with Crippen LogP contribution in [0.5, 0.6) is 0 Å². The topological polar surface area (TPSA) is 66.9 Å². The van der Waals surface area contributed by atoms with Gasteiger partial charge in [-0.2, -0.15) is 0 Å². The highest BCUT2D eigenvalue weighted by atomic mass is 35.5. The molecule has 2 N–H and O–H groups in total. The first kappa shape index (κ1) is 17.9. The second-order valence-electron chi connectivity index (χ2n) is 6.04. The lowest BCUT2D eigenvalue weighted by Crippen LogP contribution is -2.24. The number of hydrogen-bond acceptors (Lipinski definition) is 4. The van der Waals surface area contributed by atoms with Crippen LogP contribution in [0.3, 0.4) is 0 Å². The molecule has 0 atom stereocenters. The van der Waals surface area contributed by atoms with E-state index in [2.05, 4.69) is 26.7 Å². The maximum atomic E-state index is 12.2. The molecule has 3 rings (SSSR count). The molecule has 0 aliphatic heterocycles. The summed E-state index contributed by atoms with van der Waals surface area (Å²) in [4.78, 5) is 20.7. The Bertz CT molecular complexity index is 908. The van der Waals surface area contributed by atoms with Crippen molar-refractivity contribution < 1.29 is 4.79 Å². The van der Waals surface area contributed by atoms with E-state index >= 15 is 0 Å². The standard InChI is InChI=1S/C20H19ClN4O/c1-13-3-4-14(2)17(9-13)25-19-12-22-18(11-23-19)20(26)24-10-15-5-7-16(21)8-6-15/h3-9,11-12H,10H2,1-2H3,(H,23,25)(H,24,26). The molecule has 0 spiro atoms. The maximum Gasteiger partial charge on any atom is 0.271 e. The number of nitrogens with zero attached hydrogens (tertiary/aromatic N) is 2. The average molecular weight is 367 g/mol. The predicted octanol–water partition coefficient (Wildman–Crippen LogP) is 4.42. The Morgan fingerprint density at radius 2 is 1.81 bits per heavy atom. The van der Waals surface area contributed by atoms with Gasteiger partial charge in [0.15, 0.2) is 0 Å². The Balaban J connectivity index is 1.62. The van der Waals surface area contributed by atoms with Crippen molar-refractivity contribution in [3.05, 3.63) is 82.3 Å². The highest BCUT2D eigenvalue weighted by Gasteiger charge is 2.08. The van der Waals surface area contributed by atoms with Gasteiger partial charge >= 0.3 is 0 Å². The van der Waals surface area contributed by atoms with Gasteiger partial charge in [-0.1, -0.05) is 35.9 Å². The molecule has 3 aromatic rings. The number of rotatable bonds is 5. The number of aromatic nitrogens is 2. The van der Waals surface area contributed by atoms with Gasteiger partial charge < -0.3 is 10.6 Å². The minimum Gasteiger partial charge on any atom is -0.347 e. The zero-order chi connectivity index (χ0) is 18.5. The summed E-state index contributed by atoms with van der Waals surface area (Å²) in [5.74, 6) is 0.318. The van der Waals surface area contributed by atoms with E-state index in [9.17, 15) is 4.79 Å². The molecule has 6 heteroatoms. The number of carbonyl (C=O) groups excluding carboxylic acids is 1. The van der Waals surface area contributed by atoms with E-state index in [1.807, 2.05) is 38.1 Å². The highest BCUT2D eigenvalue weighted by molar-refractivity contribution is 6.30. The third-order valence-electron chi connectivity index (χ3n) is 3.91. The van der Waals surface area contributed by atoms with Crippen molar-refractivity contribution in [1.82, 2.24) is 15.3 Å². The Labute approximate surface area is 157 Å². The summed E-state index contributed by atoms with van der Waals surface area (Å²) >= 11 is 5.85. The van der Waals surface area contributed by atoms with Gasteiger partial charge in [0.25, 0.3) is 5.91 Å². The fourth-order valence-corrected chi connectivity index (χ4v) is 2.52. The third-order valence-corrected chi connectivity index (χ3v) is 4.16. The van der Waals surface area contributed by atoms with Crippen LogP contribution in [0.4, 0.5) is 11.5 Å². The molecule has 26 heavy (non-hydrogen) atoms. The van der Waals surface area contributed by atoms with Crippen molar-refractivity contribution >= 4 is 29.0 Å². The van der Waals surface area contributed by atoms with Crippen LogP contribution in [0.15, 0.2) is 54.9 Å². The zero-order valence-electron chi connectivity index (χ0n) is 14.6. The van der Waals surface area contributed by atoms with E-state index in [-0.39, 0.29) is 11.6 Å². The summed E-state index contributed by atoms with van der Waals surface area (Å²) in [6.45, 7) is 4.46. The van der Waals surface area contributed by atoms with E-state index < -0.39 is 0 Å². The first-order valence-electron chi connectivity index (χ1n) is 8.20. The number of halogens is 1. The van der Waals surface area contributed by atoms with Gasteiger partial charge in [0.1, 0.15) is 11.5 Å². The van der Waals surface area contributed by atoms with Crippen molar-refractivity contribution in [2.45, 2.75) is 20.4 Å². The second-order valence-corrected chi connectivity index (χ2v) is 6.48. The number of hydrogen-bond donors (Lipinski definition) is 2. The lowest BCUT2D eigenvalue weighted by molar-refractivity contribution is 0.0945. The summed E-state index contributed by atoms with van der Waals surface area (Å²) < 4.78 is 0. The van der Waals surface area contributed by atoms with Crippen LogP contribution < -0.4 is 10.6 Å². The molecule has 0 saturated heterocycles. The monoisotopic (exact) mass is 366 g/mol. The van der Waals surface area contributed by atoms with Gasteiger partial charge in [0.05, 0.1) is 12.4 Å². The first-order chi connectivity index (χ1) is 12.5. The van der Waals surface area contributed by atoms with E-state index in [0.29, 0.717) is 17.4 Å². The fourth-order valence-electron chi connectivity index (χ4n) is 2.39. The molecule has 0 aliphatic carbocycles. The molecule has 0 unspecified atom stereocenters. The molecule has 0 radical (unpaired) electrons. The van der Waals surface area contributed by atoms with E-state index in [0.717, 1.165) is 22.4 Å². The molecule has 2 aromatic carbocycles. The second kappa shape index (κ2) is 7.97. The van der Waals surface area contributed by atoms with Crippen LogP contribution in [-0.4, -0.2) is 15.9 Å². The van der Waals surface area contributed by atoms with Gasteiger partial charge in [-0.05, 0) is 48.7 Å². The third kappa shape index (κ3) is 4.58. The van der Waals surface area contributed by atoms with Crippen LogP contribution in [0.1, 0.15) is 27.2 Å². The van der Waals surface area contributed by atoms with Gasteiger partial charge in [-0.25, -0.2) is 9.97 Å². The van der Waals surface area contributed by atoms with Crippen molar-refractivity contribution in [1.29, 1.82) is 0 Å². The summed E-state index contributed by atoms with van der Waals surface area (Å²) in [6, 6.07) is 13.5. The molecule has 132 valence electrons. The van der Waals surface area contributed by atoms with Crippen LogP contribution in [0.2, 0.25) is 5.02 Å². The first-order valence-corrected chi connectivity index (χ1v) is 8.58. The number of benzene rings is 2. The maximum absolute atomic E-state index is 12.2. The number of anilines is 2. The van der Waals surface area contributed by atoms with E-state index in [1.165, 1.54) is 6.20 Å². The van der Waals surface area contributed by atoms with Gasteiger partial charge in [-0.3, -0.25) is 4.79 Å². The van der Waals surface area contributed by atoms with Crippen molar-refractivity contribution in [2.24, 2.45) is 0 Å². The van der Waals surface area contributed by atoms with Crippen LogP contribution in [-0.2, 0) is 6.54 Å². The molecule has 5 nitrogen and oxygen atoms in total. The molecular weight excluding hydrogens is 348 g/mol. The smallest absolute Gasteiger partial charge is 0.271 e. The average Bonchev–Trinajstić information content (AvgIpc) is 2.64. The summed E-state index contributed by atoms with van der Waals surface area (Å²) in [5, 5.41) is 6.70. The Kier molecular flexibility index (Phi) is 5.49. The lowest BCUT2D eigenvalue weighted by atomic mass is 10.1. The SMILES string of the molecule is Cc1ccc(C)c(Nc2cnc(C(=O)NCc3ccc(Cl)cc3)cn2)c1. The van der Waals surface area contributed by atoms with Crippen LogP contribution in [0.25, 0.3) is 0 Å². The van der Waals surface area contributed by atoms with Gasteiger partial charge in [-0.15, -0.1) is 0 Å². The van der Waals surface area contributed by atoms with E-state index in [4.69, 9.17) is 11.6 Å². The van der Waals surface area contributed by atoms with Gasteiger partial charge in [0.2, 0.25) is 0 Å². The van der Waals surface area contributed by atoms with Crippen molar-refractivity contribution in [3.8, 4) is 0 Å². The van der Waals surface area contributed by atoms with Crippen LogP contribution >= 0.6 is 11.6 Å². The largest absolute Gasteiger partial charge is 0.347 e. The summed E-state index contributed by atoms with van der Waals surface area (Å²) in [6.07, 6.45) is 3.02. The molecule has 0 fully saturated rings. The van der Waals surface area contributed by atoms with E-state index in [1.54, 1.807) is 18.3 Å². The molecular formula is C20H19ClN4O. The fraction of sp³-hybridized carbons (Fsp3) is 0.150. The Morgan fingerprint density at radius 3 is 2.50 bits per heavy atom. The minimum absolute atomic E-state index is 0.269. The number of aryl methyl sites for hydroxylation is 2. The molecule has 0 bridgehead atoms. The predicted molar refractivity (Wildman–Crippen MR) is 104 cm³/mol. The van der Waals surface area contributed by atoms with Gasteiger partial charge in [0, 0.05) is 17.3 Å². The quantitative estimate of drug-likeness (QED) is 0.701. The summed E-state index contributed by atoms with van der Waals surface area (Å²) in [5.41, 5.74) is 4.47. The lowest BCUT2D eigenvalue weighted by Gasteiger charge is -2.10. The molecule has 0 saturated carbocycles. The highest BCUT2D eigenvalue weighted by Crippen LogP contribution is 2.20. The number of amides is 1. The summed E-state index contributed by atoms with van der Waals surface area (Å²) in [7, 11) is 0. The molecule has 1 heterocycles. The normalized spacial score (nSPS) is 10.4. The molecule has 1 aromatic heterocycles. The van der Waals surface area contributed by atoms with Crippen molar-refractivity contribution in [3.63, 3.8) is 0 Å². The molecule has 0 aliphatic rings. The van der Waals surface area contributed by atoms with Crippen LogP contribution in [0, 0.1) is 13.8 Å². The Hall–Kier alpha value is -2.92. The minimum atomic E-state index is -0.272. The molecule has 1 amide bonds. The number of nitrogens with one attached hydrogen (secondary N) is 2. The number of carbonyl (C=O) groups is 1. The zero-order valence-corrected chi connectivity index (χ0v) is 15.3.